The molecule has 5 nitrogen and oxygen atoms in total. The zero-order valence-electron chi connectivity index (χ0n) is 11.0. The van der Waals surface area contributed by atoms with Gasteiger partial charge in [-0.15, -0.1) is 0 Å². The fourth-order valence-corrected chi connectivity index (χ4v) is 2.39. The monoisotopic (exact) mass is 281 g/mol. The van der Waals surface area contributed by atoms with E-state index in [-0.39, 0.29) is 17.2 Å². The Kier molecular flexibility index (Phi) is 2.24. The third-order valence-electron chi connectivity index (χ3n) is 2.82. The van der Waals surface area contributed by atoms with E-state index in [9.17, 15) is 5.11 Å². The van der Waals surface area contributed by atoms with E-state index in [0.29, 0.717) is 17.1 Å². The second-order valence-corrected chi connectivity index (χ2v) is 5.62. The lowest BCUT2D eigenvalue weighted by molar-refractivity contribution is -0.0505. The van der Waals surface area contributed by atoms with Gasteiger partial charge in [0.1, 0.15) is 0 Å². The highest BCUT2D eigenvalue weighted by Crippen LogP contribution is 2.60. The molecule has 2 heterocycles. The van der Waals surface area contributed by atoms with Crippen molar-refractivity contribution < 1.29 is 24.1 Å². The standard InChI is InChI=1S/C13H13O5S/c1-12(2)15-8-6(5-19)9-11(7(14)10(8)17-12)18-13(3,4)16-9/h5H,1-4H3. The van der Waals surface area contributed by atoms with Crippen LogP contribution in [-0.4, -0.2) is 16.9 Å². The molecule has 0 N–H and O–H groups in total. The summed E-state index contributed by atoms with van der Waals surface area (Å²) in [5.41, 5.74) is 0.510. The third-order valence-corrected chi connectivity index (χ3v) is 3.06. The molecule has 3 rings (SSSR count). The van der Waals surface area contributed by atoms with Crippen molar-refractivity contribution in [2.75, 3.05) is 0 Å². The number of rotatable bonds is 1. The molecule has 0 aromatic heterocycles. The van der Waals surface area contributed by atoms with Crippen molar-refractivity contribution in [3.8, 4) is 28.7 Å². The molecule has 19 heavy (non-hydrogen) atoms. The van der Waals surface area contributed by atoms with Gasteiger partial charge in [0.25, 0.3) is 5.75 Å². The normalized spacial score (nSPS) is 20.4. The number of hydrogen-bond donors (Lipinski definition) is 0. The molecule has 0 aliphatic carbocycles. The first kappa shape index (κ1) is 12.3. The smallest absolute Gasteiger partial charge is 0.270 e. The molecule has 0 bridgehead atoms. The average molecular weight is 281 g/mol. The van der Waals surface area contributed by atoms with E-state index in [1.165, 1.54) is 5.37 Å². The van der Waals surface area contributed by atoms with Crippen LogP contribution >= 0.6 is 12.2 Å². The summed E-state index contributed by atoms with van der Waals surface area (Å²) in [4.78, 5) is 0. The van der Waals surface area contributed by atoms with Gasteiger partial charge in [0, 0.05) is 33.1 Å². The zero-order valence-corrected chi connectivity index (χ0v) is 11.8. The Balaban J connectivity index is 2.25. The van der Waals surface area contributed by atoms with Crippen LogP contribution in [0.3, 0.4) is 0 Å². The van der Waals surface area contributed by atoms with Crippen molar-refractivity contribution >= 4 is 17.6 Å². The highest BCUT2D eigenvalue weighted by atomic mass is 32.1. The molecule has 2 aliphatic rings. The van der Waals surface area contributed by atoms with Gasteiger partial charge in [-0.3, -0.25) is 5.11 Å². The average Bonchev–Trinajstić information content (AvgIpc) is 2.76. The molecule has 1 aromatic rings. The van der Waals surface area contributed by atoms with Crippen LogP contribution in [0.15, 0.2) is 0 Å². The van der Waals surface area contributed by atoms with Gasteiger partial charge in [-0.05, 0) is 0 Å². The molecule has 0 atom stereocenters. The van der Waals surface area contributed by atoms with E-state index in [1.807, 2.05) is 0 Å². The van der Waals surface area contributed by atoms with Crippen LogP contribution in [0.4, 0.5) is 0 Å². The molecule has 1 radical (unpaired) electrons. The van der Waals surface area contributed by atoms with E-state index in [2.05, 4.69) is 0 Å². The van der Waals surface area contributed by atoms with Crippen molar-refractivity contribution in [2.24, 2.45) is 0 Å². The molecule has 101 valence electrons. The highest BCUT2D eigenvalue weighted by Gasteiger charge is 2.45. The molecular weight excluding hydrogens is 268 g/mol. The molecule has 0 unspecified atom stereocenters. The predicted molar refractivity (Wildman–Crippen MR) is 70.0 cm³/mol. The van der Waals surface area contributed by atoms with Gasteiger partial charge >= 0.3 is 0 Å². The van der Waals surface area contributed by atoms with Crippen LogP contribution in [0.25, 0.3) is 0 Å². The van der Waals surface area contributed by atoms with E-state index >= 15 is 0 Å². The first-order valence-corrected chi connectivity index (χ1v) is 6.33. The second kappa shape index (κ2) is 3.45. The van der Waals surface area contributed by atoms with Crippen LogP contribution in [-0.2, 0) is 5.11 Å². The van der Waals surface area contributed by atoms with E-state index in [4.69, 9.17) is 31.2 Å². The van der Waals surface area contributed by atoms with Crippen LogP contribution < -0.4 is 18.9 Å². The number of ether oxygens (including phenoxy) is 4. The Morgan fingerprint density at radius 1 is 0.842 bits per heavy atom. The third kappa shape index (κ3) is 1.70. The van der Waals surface area contributed by atoms with E-state index in [0.717, 1.165) is 0 Å². The van der Waals surface area contributed by atoms with Crippen molar-refractivity contribution in [2.45, 2.75) is 39.3 Å². The molecule has 0 fully saturated rings. The molecule has 2 aliphatic heterocycles. The first-order chi connectivity index (χ1) is 8.74. The Morgan fingerprint density at radius 3 is 1.58 bits per heavy atom. The number of hydrogen-bond acceptors (Lipinski definition) is 5. The minimum Gasteiger partial charge on any atom is -0.448 e. The fourth-order valence-electron chi connectivity index (χ4n) is 2.18. The summed E-state index contributed by atoms with van der Waals surface area (Å²) in [6.07, 6.45) is 0. The summed E-state index contributed by atoms with van der Waals surface area (Å²) in [5.74, 6) is -1.28. The van der Waals surface area contributed by atoms with Gasteiger partial charge in [0.05, 0.1) is 5.56 Å². The zero-order chi connectivity index (χ0) is 14.0. The lowest BCUT2D eigenvalue weighted by atomic mass is 10.1. The molecular formula is C13H13O5S. The van der Waals surface area contributed by atoms with Crippen molar-refractivity contribution in [1.29, 1.82) is 0 Å². The molecule has 1 aromatic carbocycles. The minimum absolute atomic E-state index is 0.126. The Hall–Kier alpha value is -1.69. The lowest BCUT2D eigenvalue weighted by Gasteiger charge is -2.18. The number of benzene rings is 1. The minimum atomic E-state index is -0.904. The van der Waals surface area contributed by atoms with Crippen LogP contribution in [0.1, 0.15) is 33.3 Å². The highest BCUT2D eigenvalue weighted by molar-refractivity contribution is 7.79. The molecule has 0 saturated carbocycles. The lowest BCUT2D eigenvalue weighted by Crippen LogP contribution is -2.30. The Morgan fingerprint density at radius 2 is 1.21 bits per heavy atom. The summed E-state index contributed by atoms with van der Waals surface area (Å²) >= 11 is 5.00. The van der Waals surface area contributed by atoms with E-state index < -0.39 is 11.6 Å². The largest absolute Gasteiger partial charge is 0.448 e. The number of thiocarbonyl (C=S) groups is 1. The number of fused-ring (bicyclic) bond motifs is 2. The van der Waals surface area contributed by atoms with Crippen molar-refractivity contribution in [3.63, 3.8) is 0 Å². The summed E-state index contributed by atoms with van der Waals surface area (Å²) in [6.45, 7) is 6.87. The van der Waals surface area contributed by atoms with Gasteiger partial charge in [-0.1, -0.05) is 12.2 Å². The fraction of sp³-hybridized carbons (Fsp3) is 0.462. The van der Waals surface area contributed by atoms with Crippen LogP contribution in [0, 0.1) is 0 Å². The Labute approximate surface area is 116 Å². The van der Waals surface area contributed by atoms with Crippen molar-refractivity contribution in [1.82, 2.24) is 0 Å². The topological polar surface area (TPSA) is 56.8 Å². The quantitative estimate of drug-likeness (QED) is 0.740. The molecule has 0 spiro atoms. The van der Waals surface area contributed by atoms with E-state index in [1.54, 1.807) is 27.7 Å². The van der Waals surface area contributed by atoms with Gasteiger partial charge in [-0.25, -0.2) is 0 Å². The molecule has 0 amide bonds. The van der Waals surface area contributed by atoms with Gasteiger partial charge in [0.15, 0.2) is 11.5 Å². The summed E-state index contributed by atoms with van der Waals surface area (Å²) in [5, 5.41) is 13.7. The van der Waals surface area contributed by atoms with Gasteiger partial charge < -0.3 is 18.9 Å². The predicted octanol–water partition coefficient (Wildman–Crippen LogP) is 3.19. The first-order valence-electron chi connectivity index (χ1n) is 5.86. The van der Waals surface area contributed by atoms with Crippen LogP contribution in [0.2, 0.25) is 0 Å². The summed E-state index contributed by atoms with van der Waals surface area (Å²) in [7, 11) is 0. The molecule has 6 heteroatoms. The maximum atomic E-state index is 12.3. The van der Waals surface area contributed by atoms with Crippen LogP contribution in [0.5, 0.6) is 28.7 Å². The summed E-state index contributed by atoms with van der Waals surface area (Å²) in [6, 6.07) is 0. The molecule has 0 saturated heterocycles. The van der Waals surface area contributed by atoms with Crippen molar-refractivity contribution in [3.05, 3.63) is 5.56 Å². The van der Waals surface area contributed by atoms with Gasteiger partial charge in [0.2, 0.25) is 23.1 Å². The second-order valence-electron chi connectivity index (χ2n) is 5.39. The SMILES string of the molecule is CC1(C)Oc2c([O])c3c(c(C=S)c2O1)OC(C)(C)O3. The summed E-state index contributed by atoms with van der Waals surface area (Å²) < 4.78 is 22.3. The Bertz CT molecular complexity index is 546. The van der Waals surface area contributed by atoms with Gasteiger partial charge in [-0.2, -0.15) is 0 Å². The maximum absolute atomic E-state index is 12.3. The maximum Gasteiger partial charge on any atom is 0.270 e.